The van der Waals surface area contributed by atoms with Crippen molar-refractivity contribution in [2.45, 2.75) is 6.92 Å². The van der Waals surface area contributed by atoms with E-state index in [1.165, 1.54) is 4.68 Å². The van der Waals surface area contributed by atoms with Gasteiger partial charge in [-0.3, -0.25) is 10.1 Å². The molecule has 6 nitrogen and oxygen atoms in total. The van der Waals surface area contributed by atoms with E-state index in [-0.39, 0.29) is 5.69 Å². The Hall–Kier alpha value is -2.37. The minimum atomic E-state index is -0.405. The maximum Gasteiger partial charge on any atom is 0.317 e. The highest BCUT2D eigenvalue weighted by Gasteiger charge is 2.20. The van der Waals surface area contributed by atoms with E-state index in [1.807, 2.05) is 6.92 Å². The zero-order valence-corrected chi connectivity index (χ0v) is 9.54. The van der Waals surface area contributed by atoms with Crippen LogP contribution in [-0.4, -0.2) is 21.8 Å². The molecule has 1 aromatic carbocycles. The fraction of sp³-hybridized carbons (Fsp3) is 0.182. The predicted molar refractivity (Wildman–Crippen MR) is 64.5 cm³/mol. The molecule has 2 aromatic rings. The molecule has 0 saturated carbocycles. The molecule has 2 rings (SSSR count). The SMILES string of the molecule is CNc1cccc(-n2ccc(C)n2)c1[N+](=O)[O-]. The molecule has 17 heavy (non-hydrogen) atoms. The van der Waals surface area contributed by atoms with Gasteiger partial charge in [0.05, 0.1) is 10.6 Å². The summed E-state index contributed by atoms with van der Waals surface area (Å²) in [6.07, 6.45) is 1.71. The number of nitro benzene ring substituents is 1. The molecule has 0 fully saturated rings. The van der Waals surface area contributed by atoms with Gasteiger partial charge in [-0.2, -0.15) is 5.10 Å². The van der Waals surface area contributed by atoms with Crippen molar-refractivity contribution in [3.05, 3.63) is 46.3 Å². The highest BCUT2D eigenvalue weighted by atomic mass is 16.6. The largest absolute Gasteiger partial charge is 0.382 e. The number of para-hydroxylation sites is 1. The summed E-state index contributed by atoms with van der Waals surface area (Å²) >= 11 is 0. The van der Waals surface area contributed by atoms with Gasteiger partial charge in [0.25, 0.3) is 0 Å². The molecular weight excluding hydrogens is 220 g/mol. The molecule has 0 spiro atoms. The van der Waals surface area contributed by atoms with E-state index in [2.05, 4.69) is 10.4 Å². The Morgan fingerprint density at radius 1 is 1.41 bits per heavy atom. The van der Waals surface area contributed by atoms with Gasteiger partial charge >= 0.3 is 5.69 Å². The first kappa shape index (κ1) is 11.1. The van der Waals surface area contributed by atoms with E-state index in [0.717, 1.165) is 5.69 Å². The Morgan fingerprint density at radius 3 is 2.71 bits per heavy atom. The molecule has 1 heterocycles. The van der Waals surface area contributed by atoms with Gasteiger partial charge in [0, 0.05) is 13.2 Å². The molecule has 0 radical (unpaired) electrons. The molecule has 0 saturated heterocycles. The Bertz CT molecular complexity index is 562. The van der Waals surface area contributed by atoms with Crippen molar-refractivity contribution in [1.29, 1.82) is 0 Å². The Labute approximate surface area is 98.0 Å². The number of rotatable bonds is 3. The second-order valence-corrected chi connectivity index (χ2v) is 3.58. The summed E-state index contributed by atoms with van der Waals surface area (Å²) in [5.41, 5.74) is 1.77. The molecule has 1 N–H and O–H groups in total. The Kier molecular flexibility index (Phi) is 2.78. The minimum Gasteiger partial charge on any atom is -0.382 e. The van der Waals surface area contributed by atoms with Crippen LogP contribution in [0, 0.1) is 17.0 Å². The second-order valence-electron chi connectivity index (χ2n) is 3.58. The quantitative estimate of drug-likeness (QED) is 0.649. The van der Waals surface area contributed by atoms with Crippen molar-refractivity contribution in [3.63, 3.8) is 0 Å². The topological polar surface area (TPSA) is 73.0 Å². The average molecular weight is 232 g/mol. The van der Waals surface area contributed by atoms with Crippen LogP contribution in [0.4, 0.5) is 11.4 Å². The number of nitro groups is 1. The van der Waals surface area contributed by atoms with Crippen LogP contribution in [0.3, 0.4) is 0 Å². The first-order valence-electron chi connectivity index (χ1n) is 5.11. The van der Waals surface area contributed by atoms with Crippen LogP contribution in [0.2, 0.25) is 0 Å². The van der Waals surface area contributed by atoms with Crippen molar-refractivity contribution in [1.82, 2.24) is 9.78 Å². The van der Waals surface area contributed by atoms with Crippen LogP contribution in [-0.2, 0) is 0 Å². The van der Waals surface area contributed by atoms with Crippen LogP contribution in [0.1, 0.15) is 5.69 Å². The lowest BCUT2D eigenvalue weighted by Crippen LogP contribution is -2.04. The van der Waals surface area contributed by atoms with Gasteiger partial charge in [0.2, 0.25) is 0 Å². The van der Waals surface area contributed by atoms with Gasteiger partial charge < -0.3 is 5.32 Å². The van der Waals surface area contributed by atoms with E-state index in [1.54, 1.807) is 37.5 Å². The zero-order chi connectivity index (χ0) is 12.4. The molecule has 0 unspecified atom stereocenters. The fourth-order valence-corrected chi connectivity index (χ4v) is 1.66. The standard InChI is InChI=1S/C11H12N4O2/c1-8-6-7-14(13-8)10-5-3-4-9(12-2)11(10)15(16)17/h3-7,12H,1-2H3. The summed E-state index contributed by atoms with van der Waals surface area (Å²) in [5, 5.41) is 18.1. The van der Waals surface area contributed by atoms with E-state index < -0.39 is 4.92 Å². The Morgan fingerprint density at radius 2 is 2.18 bits per heavy atom. The van der Waals surface area contributed by atoms with E-state index in [0.29, 0.717) is 11.4 Å². The third-order valence-electron chi connectivity index (χ3n) is 2.44. The number of nitrogens with zero attached hydrogens (tertiary/aromatic N) is 3. The lowest BCUT2D eigenvalue weighted by atomic mass is 10.2. The van der Waals surface area contributed by atoms with Gasteiger partial charge in [0.1, 0.15) is 11.4 Å². The zero-order valence-electron chi connectivity index (χ0n) is 9.54. The van der Waals surface area contributed by atoms with Gasteiger partial charge in [-0.1, -0.05) is 6.07 Å². The molecule has 1 aromatic heterocycles. The van der Waals surface area contributed by atoms with Crippen LogP contribution in [0.25, 0.3) is 5.69 Å². The molecule has 6 heteroatoms. The van der Waals surface area contributed by atoms with Gasteiger partial charge in [-0.15, -0.1) is 0 Å². The van der Waals surface area contributed by atoms with Gasteiger partial charge in [-0.25, -0.2) is 4.68 Å². The lowest BCUT2D eigenvalue weighted by molar-refractivity contribution is -0.383. The van der Waals surface area contributed by atoms with Crippen LogP contribution < -0.4 is 5.32 Å². The summed E-state index contributed by atoms with van der Waals surface area (Å²) in [6.45, 7) is 1.84. The summed E-state index contributed by atoms with van der Waals surface area (Å²) in [7, 11) is 1.65. The maximum atomic E-state index is 11.1. The maximum absolute atomic E-state index is 11.1. The third-order valence-corrected chi connectivity index (χ3v) is 2.44. The smallest absolute Gasteiger partial charge is 0.317 e. The number of anilines is 1. The molecule has 0 bridgehead atoms. The van der Waals surface area contributed by atoms with Crippen molar-refractivity contribution in [2.75, 3.05) is 12.4 Å². The summed E-state index contributed by atoms with van der Waals surface area (Å²) in [5.74, 6) is 0. The number of aryl methyl sites for hydroxylation is 1. The number of aromatic nitrogens is 2. The van der Waals surface area contributed by atoms with E-state index in [9.17, 15) is 10.1 Å². The molecule has 0 aliphatic heterocycles. The summed E-state index contributed by atoms with van der Waals surface area (Å²) < 4.78 is 1.51. The third kappa shape index (κ3) is 1.96. The highest BCUT2D eigenvalue weighted by Crippen LogP contribution is 2.30. The van der Waals surface area contributed by atoms with Crippen molar-refractivity contribution in [2.24, 2.45) is 0 Å². The van der Waals surface area contributed by atoms with Crippen LogP contribution in [0.5, 0.6) is 0 Å². The average Bonchev–Trinajstić information content (AvgIpc) is 2.74. The second kappa shape index (κ2) is 4.25. The fourth-order valence-electron chi connectivity index (χ4n) is 1.66. The minimum absolute atomic E-state index is 0.0260. The van der Waals surface area contributed by atoms with Gasteiger partial charge in [-0.05, 0) is 25.1 Å². The highest BCUT2D eigenvalue weighted by molar-refractivity contribution is 5.70. The normalized spacial score (nSPS) is 10.2. The molecule has 0 aliphatic carbocycles. The lowest BCUT2D eigenvalue weighted by Gasteiger charge is -2.07. The first-order valence-corrected chi connectivity index (χ1v) is 5.11. The molecule has 0 atom stereocenters. The monoisotopic (exact) mass is 232 g/mol. The number of benzene rings is 1. The van der Waals surface area contributed by atoms with Crippen molar-refractivity contribution < 1.29 is 4.92 Å². The summed E-state index contributed by atoms with van der Waals surface area (Å²) in [6, 6.07) is 6.89. The Balaban J connectivity index is 2.65. The predicted octanol–water partition coefficient (Wildman–Crippen LogP) is 2.13. The van der Waals surface area contributed by atoms with Gasteiger partial charge in [0.15, 0.2) is 0 Å². The van der Waals surface area contributed by atoms with E-state index in [4.69, 9.17) is 0 Å². The number of nitrogens with one attached hydrogen (secondary N) is 1. The molecule has 88 valence electrons. The van der Waals surface area contributed by atoms with Crippen molar-refractivity contribution in [3.8, 4) is 5.69 Å². The van der Waals surface area contributed by atoms with Crippen molar-refractivity contribution >= 4 is 11.4 Å². The molecule has 0 amide bonds. The number of hydrogen-bond donors (Lipinski definition) is 1. The van der Waals surface area contributed by atoms with Crippen LogP contribution in [0.15, 0.2) is 30.5 Å². The van der Waals surface area contributed by atoms with Crippen LogP contribution >= 0.6 is 0 Å². The molecule has 0 aliphatic rings. The summed E-state index contributed by atoms with van der Waals surface area (Å²) in [4.78, 5) is 10.7. The first-order chi connectivity index (χ1) is 8.13. The van der Waals surface area contributed by atoms with E-state index >= 15 is 0 Å². The molecular formula is C11H12N4O2. The number of hydrogen-bond acceptors (Lipinski definition) is 4.